The molecule has 0 saturated heterocycles. The number of phosphoric ester groups is 1. The fourth-order valence-electron chi connectivity index (χ4n) is 7.95. The van der Waals surface area contributed by atoms with Gasteiger partial charge < -0.3 is 28.5 Å². The maximum Gasteiger partial charge on any atom is 0.306 e. The number of quaternary nitrogens is 1. The van der Waals surface area contributed by atoms with Crippen LogP contribution in [0.4, 0.5) is 0 Å². The van der Waals surface area contributed by atoms with Crippen molar-refractivity contribution in [2.75, 3.05) is 40.9 Å². The summed E-state index contributed by atoms with van der Waals surface area (Å²) in [5, 5.41) is 3.01. The molecule has 1 amide bonds. The highest BCUT2D eigenvalue weighted by atomic mass is 31.2. The third kappa shape index (κ3) is 48.8. The number of amides is 1. The van der Waals surface area contributed by atoms with E-state index in [-0.39, 0.29) is 24.9 Å². The highest BCUT2D eigenvalue weighted by molar-refractivity contribution is 7.45. The predicted octanol–water partition coefficient (Wildman–Crippen LogP) is 15.9. The van der Waals surface area contributed by atoms with Gasteiger partial charge in [-0.25, -0.2) is 0 Å². The molecule has 0 radical (unpaired) electrons. The van der Waals surface area contributed by atoms with Gasteiger partial charge in [0.2, 0.25) is 5.91 Å². The number of nitrogens with zero attached hydrogens (tertiary/aromatic N) is 1. The van der Waals surface area contributed by atoms with Crippen LogP contribution >= 0.6 is 7.82 Å². The van der Waals surface area contributed by atoms with Crippen LogP contribution in [0.1, 0.15) is 252 Å². The van der Waals surface area contributed by atoms with Crippen molar-refractivity contribution in [2.45, 2.75) is 264 Å². The molecule has 0 aliphatic rings. The molecule has 0 heterocycles. The number of rotatable bonds is 50. The third-order valence-electron chi connectivity index (χ3n) is 12.3. The van der Waals surface area contributed by atoms with E-state index in [4.69, 9.17) is 13.8 Å². The zero-order valence-electron chi connectivity index (χ0n) is 44.6. The molecule has 67 heavy (non-hydrogen) atoms. The Kier molecular flexibility index (Phi) is 46.2. The minimum atomic E-state index is -4.70. The predicted molar refractivity (Wildman–Crippen MR) is 284 cm³/mol. The van der Waals surface area contributed by atoms with Crippen LogP contribution in [0.15, 0.2) is 48.6 Å². The maximum absolute atomic E-state index is 13.4. The maximum atomic E-state index is 13.4. The van der Waals surface area contributed by atoms with Gasteiger partial charge in [0.05, 0.1) is 33.8 Å². The highest BCUT2D eigenvalue weighted by Crippen LogP contribution is 2.38. The van der Waals surface area contributed by atoms with Gasteiger partial charge in [0, 0.05) is 12.8 Å². The van der Waals surface area contributed by atoms with E-state index in [1.165, 1.54) is 128 Å². The van der Waals surface area contributed by atoms with E-state index in [9.17, 15) is 19.0 Å². The minimum Gasteiger partial charge on any atom is -0.756 e. The molecule has 0 spiro atoms. The monoisotopic (exact) mass is 963 g/mol. The number of hydrogen-bond acceptors (Lipinski definition) is 7. The van der Waals surface area contributed by atoms with Gasteiger partial charge in [-0.05, 0) is 63.9 Å². The topological polar surface area (TPSA) is 114 Å². The van der Waals surface area contributed by atoms with Gasteiger partial charge in [-0.15, -0.1) is 0 Å². The van der Waals surface area contributed by atoms with Gasteiger partial charge in [0.25, 0.3) is 7.82 Å². The third-order valence-corrected chi connectivity index (χ3v) is 13.2. The lowest BCUT2D eigenvalue weighted by atomic mass is 10.0. The summed E-state index contributed by atoms with van der Waals surface area (Å²) in [6, 6.07) is -0.896. The second kappa shape index (κ2) is 47.6. The number of carbonyl (C=O) groups is 2. The quantitative estimate of drug-likeness (QED) is 0.0212. The Balaban J connectivity index is 5.42. The lowest BCUT2D eigenvalue weighted by molar-refractivity contribution is -0.870. The summed E-state index contributed by atoms with van der Waals surface area (Å²) < 4.78 is 30.2. The van der Waals surface area contributed by atoms with Crippen LogP contribution in [0.2, 0.25) is 0 Å². The molecule has 0 aromatic heterocycles. The molecule has 392 valence electrons. The molecular formula is C57H107N2O7P. The van der Waals surface area contributed by atoms with E-state index >= 15 is 0 Å². The first-order chi connectivity index (χ1) is 32.4. The van der Waals surface area contributed by atoms with E-state index in [0.29, 0.717) is 23.9 Å². The van der Waals surface area contributed by atoms with Crippen LogP contribution in [-0.4, -0.2) is 69.4 Å². The first-order valence-corrected chi connectivity index (χ1v) is 29.4. The van der Waals surface area contributed by atoms with E-state index in [0.717, 1.165) is 83.5 Å². The smallest absolute Gasteiger partial charge is 0.306 e. The van der Waals surface area contributed by atoms with E-state index < -0.39 is 26.6 Å². The Morgan fingerprint density at radius 3 is 1.43 bits per heavy atom. The van der Waals surface area contributed by atoms with Crippen molar-refractivity contribution in [1.29, 1.82) is 0 Å². The normalized spacial score (nSPS) is 14.2. The summed E-state index contributed by atoms with van der Waals surface area (Å²) in [4.78, 5) is 39.8. The van der Waals surface area contributed by atoms with Crippen LogP contribution in [-0.2, 0) is 27.9 Å². The molecule has 0 aliphatic heterocycles. The highest BCUT2D eigenvalue weighted by Gasteiger charge is 2.27. The average molecular weight is 963 g/mol. The SMILES string of the molecule is CC/C=C/C/C=C/C/C=C/CCCCCCC(=O)NC(COP(=O)([O-])OCC[N+](C)(C)C)C(/C=C/CCCCCCCCCCCCC)OC(=O)CCCCCCCCCCCCCCCC. The molecular weight excluding hydrogens is 856 g/mol. The Morgan fingerprint density at radius 2 is 0.955 bits per heavy atom. The molecule has 0 saturated carbocycles. The standard InChI is InChI=1S/C57H107N2O7P/c1-7-10-13-16-19-22-25-28-31-34-37-40-43-46-49-56(60)58-54(53-65-67(62,63)64-52-51-59(4,5)6)55(48-45-42-39-36-33-30-27-24-21-18-15-12-9-3)66-57(61)50-47-44-41-38-35-32-29-26-23-20-17-14-11-8-2/h10,13,19,22,28,31,45,48,54-55H,7-9,11-12,14-18,20-21,23-27,29-30,32-44,46-47,49-53H2,1-6H3,(H-,58,60,62,63)/b13-10+,22-19+,31-28+,48-45+. The summed E-state index contributed by atoms with van der Waals surface area (Å²) in [6.07, 6.45) is 56.4. The molecule has 1 N–H and O–H groups in total. The second-order valence-corrected chi connectivity index (χ2v) is 21.5. The van der Waals surface area contributed by atoms with Crippen molar-refractivity contribution in [3.8, 4) is 0 Å². The zero-order chi connectivity index (χ0) is 49.4. The van der Waals surface area contributed by atoms with Crippen LogP contribution in [0, 0.1) is 0 Å². The molecule has 0 aliphatic carbocycles. The molecule has 0 aromatic rings. The zero-order valence-corrected chi connectivity index (χ0v) is 45.5. The second-order valence-electron chi connectivity index (χ2n) is 20.1. The van der Waals surface area contributed by atoms with Gasteiger partial charge >= 0.3 is 5.97 Å². The molecule has 0 fully saturated rings. The van der Waals surface area contributed by atoms with Crippen LogP contribution < -0.4 is 10.2 Å². The lowest BCUT2D eigenvalue weighted by Crippen LogP contribution is -2.47. The number of ether oxygens (including phenoxy) is 1. The number of allylic oxidation sites excluding steroid dienone is 7. The van der Waals surface area contributed by atoms with Crippen molar-refractivity contribution in [2.24, 2.45) is 0 Å². The van der Waals surface area contributed by atoms with Crippen molar-refractivity contribution in [3.63, 3.8) is 0 Å². The Labute approximate surface area is 414 Å². The van der Waals surface area contributed by atoms with Crippen molar-refractivity contribution in [1.82, 2.24) is 5.32 Å². The number of esters is 1. The number of likely N-dealkylation sites (N-methyl/N-ethyl adjacent to an activating group) is 1. The first kappa shape index (κ1) is 65.0. The van der Waals surface area contributed by atoms with Crippen LogP contribution in [0.25, 0.3) is 0 Å². The summed E-state index contributed by atoms with van der Waals surface area (Å²) in [5.74, 6) is -0.561. The molecule has 3 unspecified atom stereocenters. The van der Waals surface area contributed by atoms with Crippen molar-refractivity contribution in [3.05, 3.63) is 48.6 Å². The Hall–Kier alpha value is -2.03. The molecule has 0 bridgehead atoms. The fraction of sp³-hybridized carbons (Fsp3) is 0.825. The van der Waals surface area contributed by atoms with Gasteiger partial charge in [-0.1, -0.05) is 224 Å². The largest absolute Gasteiger partial charge is 0.756 e. The fourth-order valence-corrected chi connectivity index (χ4v) is 8.67. The Morgan fingerprint density at radius 1 is 0.537 bits per heavy atom. The van der Waals surface area contributed by atoms with Gasteiger partial charge in [-0.3, -0.25) is 14.2 Å². The number of unbranched alkanes of at least 4 members (excludes halogenated alkanes) is 28. The van der Waals surface area contributed by atoms with E-state index in [1.54, 1.807) is 0 Å². The van der Waals surface area contributed by atoms with Gasteiger partial charge in [0.1, 0.15) is 19.3 Å². The minimum absolute atomic E-state index is 0.0262. The lowest BCUT2D eigenvalue weighted by Gasteiger charge is -2.30. The number of phosphoric acid groups is 1. The summed E-state index contributed by atoms with van der Waals surface area (Å²) in [5.41, 5.74) is 0. The van der Waals surface area contributed by atoms with E-state index in [2.05, 4.69) is 62.5 Å². The summed E-state index contributed by atoms with van der Waals surface area (Å²) >= 11 is 0. The number of hydrogen-bond donors (Lipinski definition) is 1. The average Bonchev–Trinajstić information content (AvgIpc) is 3.28. The van der Waals surface area contributed by atoms with Crippen LogP contribution in [0.5, 0.6) is 0 Å². The number of nitrogens with one attached hydrogen (secondary N) is 1. The van der Waals surface area contributed by atoms with Crippen LogP contribution in [0.3, 0.4) is 0 Å². The number of carbonyl (C=O) groups excluding carboxylic acids is 2. The van der Waals surface area contributed by atoms with E-state index in [1.807, 2.05) is 33.3 Å². The molecule has 10 heteroatoms. The van der Waals surface area contributed by atoms with Gasteiger partial charge in [-0.2, -0.15) is 0 Å². The van der Waals surface area contributed by atoms with Gasteiger partial charge in [0.15, 0.2) is 0 Å². The van der Waals surface area contributed by atoms with Crippen molar-refractivity contribution < 1.29 is 37.3 Å². The summed E-state index contributed by atoms with van der Waals surface area (Å²) in [7, 11) is 1.17. The van der Waals surface area contributed by atoms with Crippen molar-refractivity contribution >= 4 is 19.7 Å². The molecule has 3 atom stereocenters. The molecule has 9 nitrogen and oxygen atoms in total. The Bertz CT molecular complexity index is 1290. The molecule has 0 rings (SSSR count). The first-order valence-electron chi connectivity index (χ1n) is 27.9. The molecule has 0 aromatic carbocycles. The summed E-state index contributed by atoms with van der Waals surface area (Å²) in [6.45, 7) is 6.72.